The van der Waals surface area contributed by atoms with Gasteiger partial charge < -0.3 is 5.32 Å². The number of tetrazole rings is 1. The minimum atomic E-state index is -0.232. The molecule has 78 valence electrons. The summed E-state index contributed by atoms with van der Waals surface area (Å²) in [5, 5.41) is 18.3. The monoisotopic (exact) mass is 224 g/mol. The Morgan fingerprint density at radius 2 is 2.53 bits per heavy atom. The Kier molecular flexibility index (Phi) is 2.68. The van der Waals surface area contributed by atoms with Crippen molar-refractivity contribution in [1.82, 2.24) is 30.9 Å². The molecule has 0 saturated carbocycles. The van der Waals surface area contributed by atoms with Crippen LogP contribution < -0.4 is 5.32 Å². The van der Waals surface area contributed by atoms with Crippen LogP contribution in [-0.4, -0.2) is 31.5 Å². The number of carbonyl (C=O) groups is 1. The second-order valence-electron chi connectivity index (χ2n) is 2.76. The number of hydrogen-bond donors (Lipinski definition) is 2. The summed E-state index contributed by atoms with van der Waals surface area (Å²) in [7, 11) is 0. The second kappa shape index (κ2) is 4.13. The molecule has 7 nitrogen and oxygen atoms in total. The minimum Gasteiger partial charge on any atom is -0.343 e. The average Bonchev–Trinajstić information content (AvgIpc) is 2.84. The van der Waals surface area contributed by atoms with Gasteiger partial charge in [-0.05, 0) is 6.92 Å². The van der Waals surface area contributed by atoms with Crippen molar-refractivity contribution in [3.63, 3.8) is 0 Å². The van der Waals surface area contributed by atoms with Gasteiger partial charge in [0, 0.05) is 5.38 Å². The summed E-state index contributed by atoms with van der Waals surface area (Å²) in [4.78, 5) is 15.6. The second-order valence-corrected chi connectivity index (χ2v) is 3.82. The number of aryl methyl sites for hydroxylation is 1. The van der Waals surface area contributed by atoms with E-state index in [2.05, 4.69) is 30.9 Å². The van der Waals surface area contributed by atoms with Gasteiger partial charge in [-0.15, -0.1) is 21.5 Å². The molecule has 2 aromatic rings. The molecule has 0 aliphatic carbocycles. The van der Waals surface area contributed by atoms with Crippen LogP contribution >= 0.6 is 11.3 Å². The Labute approximate surface area is 88.9 Å². The molecule has 0 saturated heterocycles. The molecule has 8 heteroatoms. The highest BCUT2D eigenvalue weighted by atomic mass is 32.1. The molecule has 1 amide bonds. The Hall–Kier alpha value is -1.83. The molecule has 0 unspecified atom stereocenters. The van der Waals surface area contributed by atoms with E-state index in [1.165, 1.54) is 11.3 Å². The smallest absolute Gasteiger partial charge is 0.271 e. The molecule has 2 N–H and O–H groups in total. The van der Waals surface area contributed by atoms with E-state index in [4.69, 9.17) is 0 Å². The number of H-pyrrole nitrogens is 1. The fourth-order valence-corrected chi connectivity index (χ4v) is 1.57. The zero-order valence-electron chi connectivity index (χ0n) is 7.89. The van der Waals surface area contributed by atoms with Crippen molar-refractivity contribution in [1.29, 1.82) is 0 Å². The van der Waals surface area contributed by atoms with E-state index in [0.717, 1.165) is 5.01 Å². The van der Waals surface area contributed by atoms with Crippen LogP contribution in [-0.2, 0) is 6.54 Å². The third-order valence-electron chi connectivity index (χ3n) is 1.65. The summed E-state index contributed by atoms with van der Waals surface area (Å²) < 4.78 is 0. The van der Waals surface area contributed by atoms with Crippen molar-refractivity contribution in [2.24, 2.45) is 0 Å². The molecule has 0 fully saturated rings. The molecular formula is C7H8N6OS. The summed E-state index contributed by atoms with van der Waals surface area (Å²) in [6.07, 6.45) is 0. The first kappa shape index (κ1) is 9.71. The van der Waals surface area contributed by atoms with Crippen molar-refractivity contribution in [3.8, 4) is 0 Å². The molecule has 0 aromatic carbocycles. The molecule has 0 atom stereocenters. The van der Waals surface area contributed by atoms with E-state index < -0.39 is 0 Å². The summed E-state index contributed by atoms with van der Waals surface area (Å²) in [6, 6.07) is 0. The van der Waals surface area contributed by atoms with Crippen molar-refractivity contribution in [3.05, 3.63) is 21.9 Å². The topological polar surface area (TPSA) is 96.5 Å². The van der Waals surface area contributed by atoms with Crippen molar-refractivity contribution < 1.29 is 4.79 Å². The minimum absolute atomic E-state index is 0.232. The van der Waals surface area contributed by atoms with Gasteiger partial charge >= 0.3 is 0 Å². The Morgan fingerprint density at radius 3 is 3.13 bits per heavy atom. The van der Waals surface area contributed by atoms with Crippen molar-refractivity contribution in [2.75, 3.05) is 0 Å². The fraction of sp³-hybridized carbons (Fsp3) is 0.286. The first-order valence-corrected chi connectivity index (χ1v) is 5.06. The number of carbonyl (C=O) groups excluding carboxylic acids is 1. The highest BCUT2D eigenvalue weighted by molar-refractivity contribution is 7.09. The molecule has 0 aliphatic heterocycles. The van der Waals surface area contributed by atoms with Crippen LogP contribution in [0.15, 0.2) is 5.38 Å². The van der Waals surface area contributed by atoms with Crippen molar-refractivity contribution in [2.45, 2.75) is 13.5 Å². The quantitative estimate of drug-likeness (QED) is 0.758. The molecular weight excluding hydrogens is 216 g/mol. The van der Waals surface area contributed by atoms with Gasteiger partial charge in [-0.3, -0.25) is 4.79 Å². The maximum absolute atomic E-state index is 11.5. The predicted octanol–water partition coefficient (Wildman–Crippen LogP) is -0.105. The number of thiazole rings is 1. The predicted molar refractivity (Wildman–Crippen MR) is 52.2 cm³/mol. The maximum atomic E-state index is 11.5. The first-order chi connectivity index (χ1) is 7.25. The number of rotatable bonds is 3. The number of aromatic nitrogens is 5. The Morgan fingerprint density at radius 1 is 1.67 bits per heavy atom. The van der Waals surface area contributed by atoms with Crippen LogP contribution in [0.25, 0.3) is 0 Å². The molecule has 2 aromatic heterocycles. The van der Waals surface area contributed by atoms with Gasteiger partial charge in [0.25, 0.3) is 5.91 Å². The highest BCUT2D eigenvalue weighted by Crippen LogP contribution is 2.07. The van der Waals surface area contributed by atoms with Gasteiger partial charge in [0.1, 0.15) is 5.69 Å². The molecule has 2 rings (SSSR count). The van der Waals surface area contributed by atoms with E-state index in [0.29, 0.717) is 11.5 Å². The standard InChI is InChI=1S/C7H8N6OS/c1-4-9-5(3-15-4)7(14)8-2-6-10-12-13-11-6/h3H,2H2,1H3,(H,8,14)(H,10,11,12,13). The van der Waals surface area contributed by atoms with Gasteiger partial charge in [-0.25, -0.2) is 4.98 Å². The summed E-state index contributed by atoms with van der Waals surface area (Å²) in [6.45, 7) is 2.09. The average molecular weight is 224 g/mol. The fourth-order valence-electron chi connectivity index (χ4n) is 0.975. The summed E-state index contributed by atoms with van der Waals surface area (Å²) in [5.41, 5.74) is 0.418. The Bertz CT molecular complexity index is 450. The number of hydrogen-bond acceptors (Lipinski definition) is 6. The normalized spacial score (nSPS) is 10.2. The largest absolute Gasteiger partial charge is 0.343 e. The van der Waals surface area contributed by atoms with Crippen molar-refractivity contribution >= 4 is 17.2 Å². The van der Waals surface area contributed by atoms with E-state index in [9.17, 15) is 4.79 Å². The van der Waals surface area contributed by atoms with Gasteiger partial charge in [-0.1, -0.05) is 5.21 Å². The molecule has 0 bridgehead atoms. The van der Waals surface area contributed by atoms with Gasteiger partial charge in [0.2, 0.25) is 0 Å². The van der Waals surface area contributed by atoms with Crippen LogP contribution in [0.1, 0.15) is 21.3 Å². The van der Waals surface area contributed by atoms with E-state index in [1.807, 2.05) is 6.92 Å². The first-order valence-electron chi connectivity index (χ1n) is 4.18. The van der Waals surface area contributed by atoms with E-state index >= 15 is 0 Å². The SMILES string of the molecule is Cc1nc(C(=O)NCc2nn[nH]n2)cs1. The zero-order chi connectivity index (χ0) is 10.7. The van der Waals surface area contributed by atoms with Crippen LogP contribution in [0.2, 0.25) is 0 Å². The van der Waals surface area contributed by atoms with E-state index in [-0.39, 0.29) is 12.5 Å². The van der Waals surface area contributed by atoms with Crippen LogP contribution in [0.3, 0.4) is 0 Å². The molecule has 0 aliphatic rings. The molecule has 0 spiro atoms. The third-order valence-corrected chi connectivity index (χ3v) is 2.42. The lowest BCUT2D eigenvalue weighted by molar-refractivity contribution is 0.0945. The lowest BCUT2D eigenvalue weighted by Gasteiger charge is -1.97. The third kappa shape index (κ3) is 2.34. The lowest BCUT2D eigenvalue weighted by Crippen LogP contribution is -2.23. The summed E-state index contributed by atoms with van der Waals surface area (Å²) in [5.74, 6) is 0.208. The number of amides is 1. The van der Waals surface area contributed by atoms with Gasteiger partial charge in [0.05, 0.1) is 11.6 Å². The molecule has 2 heterocycles. The number of nitrogens with zero attached hydrogens (tertiary/aromatic N) is 4. The zero-order valence-corrected chi connectivity index (χ0v) is 8.71. The Balaban J connectivity index is 1.93. The highest BCUT2D eigenvalue weighted by Gasteiger charge is 2.09. The van der Waals surface area contributed by atoms with Crippen LogP contribution in [0.4, 0.5) is 0 Å². The number of aromatic amines is 1. The lowest BCUT2D eigenvalue weighted by atomic mass is 10.4. The van der Waals surface area contributed by atoms with Gasteiger partial charge in [0.15, 0.2) is 5.82 Å². The summed E-state index contributed by atoms with van der Waals surface area (Å²) >= 11 is 1.43. The maximum Gasteiger partial charge on any atom is 0.271 e. The van der Waals surface area contributed by atoms with Crippen LogP contribution in [0, 0.1) is 6.92 Å². The van der Waals surface area contributed by atoms with E-state index in [1.54, 1.807) is 5.38 Å². The molecule has 0 radical (unpaired) electrons. The van der Waals surface area contributed by atoms with Gasteiger partial charge in [-0.2, -0.15) is 5.21 Å². The number of nitrogens with one attached hydrogen (secondary N) is 2. The molecule has 15 heavy (non-hydrogen) atoms. The van der Waals surface area contributed by atoms with Crippen LogP contribution in [0.5, 0.6) is 0 Å².